The van der Waals surface area contributed by atoms with Crippen LogP contribution in [0.15, 0.2) is 36.4 Å². The van der Waals surface area contributed by atoms with E-state index in [1.807, 2.05) is 6.07 Å². The predicted octanol–water partition coefficient (Wildman–Crippen LogP) is 3.98. The number of nitriles is 1. The third-order valence-electron chi connectivity index (χ3n) is 3.01. The standard InChI is InChI=1S/C16H13ClFNO2/c1-10(20)11-3-5-16(15(17)7-11)21-9-13-6-14(18)4-2-12(13)8-19/h2-7,10,20H,9H2,1H3. The average molecular weight is 306 g/mol. The predicted molar refractivity (Wildman–Crippen MR) is 77.5 cm³/mol. The fraction of sp³-hybridized carbons (Fsp3) is 0.188. The Bertz CT molecular complexity index is 695. The lowest BCUT2D eigenvalue weighted by Gasteiger charge is -2.11. The Balaban J connectivity index is 2.17. The topological polar surface area (TPSA) is 53.2 Å². The monoisotopic (exact) mass is 305 g/mol. The number of nitrogens with zero attached hydrogens (tertiary/aromatic N) is 1. The van der Waals surface area contributed by atoms with Gasteiger partial charge in [0.15, 0.2) is 0 Å². The zero-order valence-corrected chi connectivity index (χ0v) is 12.1. The first kappa shape index (κ1) is 15.3. The van der Waals surface area contributed by atoms with Gasteiger partial charge in [-0.1, -0.05) is 17.7 Å². The van der Waals surface area contributed by atoms with Crippen LogP contribution >= 0.6 is 11.6 Å². The van der Waals surface area contributed by atoms with E-state index in [1.54, 1.807) is 25.1 Å². The summed E-state index contributed by atoms with van der Waals surface area (Å²) in [4.78, 5) is 0. The summed E-state index contributed by atoms with van der Waals surface area (Å²) in [6.07, 6.45) is -0.620. The van der Waals surface area contributed by atoms with Gasteiger partial charge in [-0.05, 0) is 42.8 Å². The van der Waals surface area contributed by atoms with Crippen molar-refractivity contribution in [1.29, 1.82) is 5.26 Å². The van der Waals surface area contributed by atoms with Crippen LogP contribution in [0.25, 0.3) is 0 Å². The average Bonchev–Trinajstić information content (AvgIpc) is 2.46. The Kier molecular flexibility index (Phi) is 4.79. The third kappa shape index (κ3) is 3.72. The summed E-state index contributed by atoms with van der Waals surface area (Å²) >= 11 is 6.07. The van der Waals surface area contributed by atoms with Gasteiger partial charge in [0.05, 0.1) is 22.8 Å². The molecule has 0 saturated heterocycles. The quantitative estimate of drug-likeness (QED) is 0.929. The summed E-state index contributed by atoms with van der Waals surface area (Å²) < 4.78 is 18.7. The molecule has 0 spiro atoms. The summed E-state index contributed by atoms with van der Waals surface area (Å²) in [5, 5.41) is 18.8. The van der Waals surface area contributed by atoms with Crippen molar-refractivity contribution < 1.29 is 14.2 Å². The number of aliphatic hydroxyl groups excluding tert-OH is 1. The molecule has 0 amide bonds. The van der Waals surface area contributed by atoms with Crippen molar-refractivity contribution in [2.45, 2.75) is 19.6 Å². The van der Waals surface area contributed by atoms with E-state index in [9.17, 15) is 9.50 Å². The van der Waals surface area contributed by atoms with Crippen LogP contribution in [-0.4, -0.2) is 5.11 Å². The van der Waals surface area contributed by atoms with Gasteiger partial charge < -0.3 is 9.84 Å². The summed E-state index contributed by atoms with van der Waals surface area (Å²) in [5.74, 6) is -0.0163. The molecule has 2 rings (SSSR count). The lowest BCUT2D eigenvalue weighted by Crippen LogP contribution is -2.00. The second-order valence-corrected chi connectivity index (χ2v) is 4.97. The molecule has 2 aromatic carbocycles. The van der Waals surface area contributed by atoms with Crippen molar-refractivity contribution in [3.8, 4) is 11.8 Å². The van der Waals surface area contributed by atoms with E-state index in [-0.39, 0.29) is 6.61 Å². The SMILES string of the molecule is CC(O)c1ccc(OCc2cc(F)ccc2C#N)c(Cl)c1. The first-order valence-corrected chi connectivity index (χ1v) is 6.68. The van der Waals surface area contributed by atoms with Crippen molar-refractivity contribution in [2.75, 3.05) is 0 Å². The Hall–Kier alpha value is -2.09. The second-order valence-electron chi connectivity index (χ2n) is 4.57. The number of hydrogen-bond donors (Lipinski definition) is 1. The molecule has 108 valence electrons. The van der Waals surface area contributed by atoms with Crippen LogP contribution in [0.2, 0.25) is 5.02 Å². The van der Waals surface area contributed by atoms with E-state index >= 15 is 0 Å². The molecule has 1 unspecified atom stereocenters. The third-order valence-corrected chi connectivity index (χ3v) is 3.30. The smallest absolute Gasteiger partial charge is 0.138 e. The molecule has 1 N–H and O–H groups in total. The Morgan fingerprint density at radius 2 is 2.10 bits per heavy atom. The maximum atomic E-state index is 13.2. The van der Waals surface area contributed by atoms with Gasteiger partial charge in [0.25, 0.3) is 0 Å². The molecule has 0 aliphatic heterocycles. The van der Waals surface area contributed by atoms with E-state index in [2.05, 4.69) is 0 Å². The molecule has 0 heterocycles. The minimum absolute atomic E-state index is 0.0361. The summed E-state index contributed by atoms with van der Waals surface area (Å²) in [5.41, 5.74) is 1.48. The minimum atomic E-state index is -0.620. The van der Waals surface area contributed by atoms with Crippen LogP contribution in [0.4, 0.5) is 4.39 Å². The van der Waals surface area contributed by atoms with Gasteiger partial charge in [0.1, 0.15) is 18.2 Å². The van der Waals surface area contributed by atoms with Gasteiger partial charge in [0, 0.05) is 5.56 Å². The highest BCUT2D eigenvalue weighted by Gasteiger charge is 2.09. The molecule has 5 heteroatoms. The fourth-order valence-corrected chi connectivity index (χ4v) is 2.08. The molecule has 0 aliphatic rings. The van der Waals surface area contributed by atoms with E-state index in [4.69, 9.17) is 21.6 Å². The van der Waals surface area contributed by atoms with Crippen molar-refractivity contribution in [1.82, 2.24) is 0 Å². The van der Waals surface area contributed by atoms with Crippen molar-refractivity contribution >= 4 is 11.6 Å². The van der Waals surface area contributed by atoms with Gasteiger partial charge in [-0.3, -0.25) is 0 Å². The summed E-state index contributed by atoms with van der Waals surface area (Å²) in [6, 6.07) is 10.8. The molecule has 0 radical (unpaired) electrons. The minimum Gasteiger partial charge on any atom is -0.487 e. The molecular formula is C16H13ClFNO2. The number of ether oxygens (including phenoxy) is 1. The van der Waals surface area contributed by atoms with E-state index in [0.29, 0.717) is 27.5 Å². The lowest BCUT2D eigenvalue weighted by molar-refractivity contribution is 0.199. The first-order chi connectivity index (χ1) is 10.0. The van der Waals surface area contributed by atoms with E-state index in [0.717, 1.165) is 0 Å². The van der Waals surface area contributed by atoms with Crippen molar-refractivity contribution in [3.05, 3.63) is 63.9 Å². The molecule has 1 atom stereocenters. The zero-order chi connectivity index (χ0) is 15.4. The zero-order valence-electron chi connectivity index (χ0n) is 11.3. The van der Waals surface area contributed by atoms with Crippen molar-refractivity contribution in [3.63, 3.8) is 0 Å². The van der Waals surface area contributed by atoms with Gasteiger partial charge >= 0.3 is 0 Å². The van der Waals surface area contributed by atoms with E-state index < -0.39 is 11.9 Å². The summed E-state index contributed by atoms with van der Waals surface area (Å²) in [6.45, 7) is 1.67. The highest BCUT2D eigenvalue weighted by atomic mass is 35.5. The van der Waals surface area contributed by atoms with Gasteiger partial charge in [-0.2, -0.15) is 5.26 Å². The molecule has 3 nitrogen and oxygen atoms in total. The highest BCUT2D eigenvalue weighted by molar-refractivity contribution is 6.32. The van der Waals surface area contributed by atoms with Crippen LogP contribution in [-0.2, 0) is 6.61 Å². The Morgan fingerprint density at radius 1 is 1.33 bits per heavy atom. The number of hydrogen-bond acceptors (Lipinski definition) is 3. The normalized spacial score (nSPS) is 11.8. The van der Waals surface area contributed by atoms with Crippen LogP contribution in [0, 0.1) is 17.1 Å². The van der Waals surface area contributed by atoms with Gasteiger partial charge in [-0.25, -0.2) is 4.39 Å². The van der Waals surface area contributed by atoms with Gasteiger partial charge in [-0.15, -0.1) is 0 Å². The van der Waals surface area contributed by atoms with Gasteiger partial charge in [0.2, 0.25) is 0 Å². The van der Waals surface area contributed by atoms with Crippen molar-refractivity contribution in [2.24, 2.45) is 0 Å². The number of halogens is 2. The number of aliphatic hydroxyl groups is 1. The fourth-order valence-electron chi connectivity index (χ4n) is 1.84. The molecule has 0 aliphatic carbocycles. The molecule has 0 fully saturated rings. The Labute approximate surface area is 127 Å². The van der Waals surface area contributed by atoms with E-state index in [1.165, 1.54) is 18.2 Å². The molecular weight excluding hydrogens is 293 g/mol. The highest BCUT2D eigenvalue weighted by Crippen LogP contribution is 2.28. The van der Waals surface area contributed by atoms with Crippen LogP contribution in [0.3, 0.4) is 0 Å². The summed E-state index contributed by atoms with van der Waals surface area (Å²) in [7, 11) is 0. The molecule has 0 aromatic heterocycles. The largest absolute Gasteiger partial charge is 0.487 e. The number of rotatable bonds is 4. The first-order valence-electron chi connectivity index (χ1n) is 6.30. The Morgan fingerprint density at radius 3 is 2.71 bits per heavy atom. The molecule has 0 bridgehead atoms. The van der Waals surface area contributed by atoms with Crippen LogP contribution in [0.5, 0.6) is 5.75 Å². The van der Waals surface area contributed by atoms with Crippen LogP contribution < -0.4 is 4.74 Å². The second kappa shape index (κ2) is 6.57. The maximum absolute atomic E-state index is 13.2. The molecule has 2 aromatic rings. The molecule has 0 saturated carbocycles. The maximum Gasteiger partial charge on any atom is 0.138 e. The van der Waals surface area contributed by atoms with Crippen LogP contribution in [0.1, 0.15) is 29.7 Å². The molecule has 21 heavy (non-hydrogen) atoms. The number of benzene rings is 2. The lowest BCUT2D eigenvalue weighted by atomic mass is 10.1.